The number of aromatic hydroxyl groups is 1. The van der Waals surface area contributed by atoms with Crippen LogP contribution in [0.25, 0.3) is 0 Å². The van der Waals surface area contributed by atoms with Gasteiger partial charge in [-0.2, -0.15) is 0 Å². The molecule has 25 heavy (non-hydrogen) atoms. The lowest BCUT2D eigenvalue weighted by Crippen LogP contribution is -2.47. The van der Waals surface area contributed by atoms with E-state index in [1.54, 1.807) is 13.0 Å². The summed E-state index contributed by atoms with van der Waals surface area (Å²) in [4.78, 5) is 12.5. The lowest BCUT2D eigenvalue weighted by molar-refractivity contribution is -0.0383. The van der Waals surface area contributed by atoms with E-state index >= 15 is 0 Å². The van der Waals surface area contributed by atoms with E-state index in [2.05, 4.69) is 40.4 Å². The average molecular weight is 363 g/mol. The van der Waals surface area contributed by atoms with Gasteiger partial charge >= 0.3 is 5.97 Å². The maximum Gasteiger partial charge on any atom is 0.342 e. The number of carbonyl (C=O) groups excluding carboxylic acids is 1. The number of rotatable bonds is 4. The minimum absolute atomic E-state index is 0.0172. The Balaban J connectivity index is 2.59. The molecule has 1 aromatic carbocycles. The van der Waals surface area contributed by atoms with Crippen molar-refractivity contribution in [3.63, 3.8) is 0 Å². The molecule has 2 rings (SSSR count). The normalized spacial score (nSPS) is 22.1. The minimum atomic E-state index is -2.12. The fourth-order valence-electron chi connectivity index (χ4n) is 2.73. The van der Waals surface area contributed by atoms with E-state index in [4.69, 9.17) is 9.16 Å². The molecule has 0 fully saturated rings. The maximum absolute atomic E-state index is 12.5. The molecule has 5 heteroatoms. The highest BCUT2D eigenvalue weighted by molar-refractivity contribution is 6.74. The van der Waals surface area contributed by atoms with Crippen LogP contribution in [0.1, 0.15) is 55.3 Å². The average Bonchev–Trinajstić information content (AvgIpc) is 2.50. The topological polar surface area (TPSA) is 55.8 Å². The minimum Gasteiger partial charge on any atom is -0.507 e. The molecule has 1 aliphatic rings. The standard InChI is InChI=1S/C20H30O4Si/c1-9-12(2)17-18(24-25(7,8)20(4,5)6)14-11-10-13(3)16(21)15(14)19(22)23-17/h9-12,17-18,21H,1H2,2-8H3/t12-,17-,18+/m1/s1. The van der Waals surface area contributed by atoms with Crippen LogP contribution in [0.15, 0.2) is 24.8 Å². The Labute approximate surface area is 152 Å². The molecule has 3 atom stereocenters. The van der Waals surface area contributed by atoms with Crippen LogP contribution in [-0.2, 0) is 9.16 Å². The molecule has 0 bridgehead atoms. The van der Waals surface area contributed by atoms with Gasteiger partial charge in [0.25, 0.3) is 0 Å². The van der Waals surface area contributed by atoms with Gasteiger partial charge in [0.2, 0.25) is 0 Å². The van der Waals surface area contributed by atoms with Crippen molar-refractivity contribution >= 4 is 14.3 Å². The molecule has 0 aliphatic carbocycles. The van der Waals surface area contributed by atoms with E-state index in [0.717, 1.165) is 0 Å². The number of carbonyl (C=O) groups is 1. The molecule has 0 saturated heterocycles. The van der Waals surface area contributed by atoms with Crippen LogP contribution in [0, 0.1) is 12.8 Å². The number of hydrogen-bond acceptors (Lipinski definition) is 4. The van der Waals surface area contributed by atoms with Crippen molar-refractivity contribution in [1.82, 2.24) is 0 Å². The van der Waals surface area contributed by atoms with Gasteiger partial charge < -0.3 is 14.3 Å². The van der Waals surface area contributed by atoms with Gasteiger partial charge in [-0.25, -0.2) is 4.79 Å². The molecule has 1 aromatic rings. The van der Waals surface area contributed by atoms with E-state index in [-0.39, 0.29) is 22.3 Å². The van der Waals surface area contributed by atoms with Crippen LogP contribution in [0.2, 0.25) is 18.1 Å². The highest BCUT2D eigenvalue weighted by atomic mass is 28.4. The summed E-state index contributed by atoms with van der Waals surface area (Å²) in [5, 5.41) is 10.4. The zero-order valence-electron chi connectivity index (χ0n) is 16.3. The molecule has 1 aliphatic heterocycles. The van der Waals surface area contributed by atoms with E-state index in [1.807, 2.05) is 19.1 Å². The van der Waals surface area contributed by atoms with Crippen LogP contribution in [0.3, 0.4) is 0 Å². The monoisotopic (exact) mass is 362 g/mol. The predicted molar refractivity (Wildman–Crippen MR) is 102 cm³/mol. The van der Waals surface area contributed by atoms with E-state index in [1.165, 1.54) is 0 Å². The second kappa shape index (κ2) is 6.61. The Morgan fingerprint density at radius 2 is 1.96 bits per heavy atom. The summed E-state index contributed by atoms with van der Waals surface area (Å²) >= 11 is 0. The summed E-state index contributed by atoms with van der Waals surface area (Å²) in [5.41, 5.74) is 1.59. The Morgan fingerprint density at radius 3 is 2.48 bits per heavy atom. The van der Waals surface area contributed by atoms with Crippen LogP contribution in [-0.4, -0.2) is 25.5 Å². The number of esters is 1. The van der Waals surface area contributed by atoms with Gasteiger partial charge in [-0.15, -0.1) is 6.58 Å². The molecule has 0 saturated carbocycles. The molecule has 0 aromatic heterocycles. The van der Waals surface area contributed by atoms with Crippen LogP contribution < -0.4 is 0 Å². The number of ether oxygens (including phenoxy) is 1. The first-order valence-electron chi connectivity index (χ1n) is 8.74. The summed E-state index contributed by atoms with van der Waals surface area (Å²) < 4.78 is 12.4. The van der Waals surface area contributed by atoms with Crippen LogP contribution >= 0.6 is 0 Å². The molecule has 1 N–H and O–H groups in total. The van der Waals surface area contributed by atoms with Gasteiger partial charge in [-0.05, 0) is 30.6 Å². The fraction of sp³-hybridized carbons (Fsp3) is 0.550. The SMILES string of the molecule is C=C[C@@H](C)[C@H]1OC(=O)c2c(ccc(C)c2O)[C@@H]1O[Si](C)(C)C(C)(C)C. The van der Waals surface area contributed by atoms with Crippen molar-refractivity contribution in [2.45, 2.75) is 65.0 Å². The zero-order valence-corrected chi connectivity index (χ0v) is 17.3. The summed E-state index contributed by atoms with van der Waals surface area (Å²) in [5.74, 6) is -0.573. The number of fused-ring (bicyclic) bond motifs is 1. The number of cyclic esters (lactones) is 1. The smallest absolute Gasteiger partial charge is 0.342 e. The summed E-state index contributed by atoms with van der Waals surface area (Å²) in [7, 11) is -2.12. The first kappa shape index (κ1) is 19.7. The van der Waals surface area contributed by atoms with Crippen molar-refractivity contribution in [3.8, 4) is 5.75 Å². The van der Waals surface area contributed by atoms with Gasteiger partial charge in [0.1, 0.15) is 23.5 Å². The van der Waals surface area contributed by atoms with Gasteiger partial charge in [0.05, 0.1) is 0 Å². The first-order chi connectivity index (χ1) is 11.4. The van der Waals surface area contributed by atoms with Crippen molar-refractivity contribution in [1.29, 1.82) is 0 Å². The van der Waals surface area contributed by atoms with E-state index in [0.29, 0.717) is 11.1 Å². The Bertz CT molecular complexity index is 688. The number of aryl methyl sites for hydroxylation is 1. The summed E-state index contributed by atoms with van der Waals surface area (Å²) in [6, 6.07) is 3.70. The highest BCUT2D eigenvalue weighted by Gasteiger charge is 2.46. The molecular weight excluding hydrogens is 332 g/mol. The van der Waals surface area contributed by atoms with Gasteiger partial charge in [0.15, 0.2) is 8.32 Å². The quantitative estimate of drug-likeness (QED) is 0.458. The number of phenolic OH excluding ortho intramolecular Hbond substituents is 1. The Hall–Kier alpha value is -1.59. The predicted octanol–water partition coefficient (Wildman–Crippen LogP) is 5.12. The maximum atomic E-state index is 12.5. The largest absolute Gasteiger partial charge is 0.507 e. The molecular formula is C20H30O4Si. The second-order valence-electron chi connectivity index (χ2n) is 8.46. The van der Waals surface area contributed by atoms with Crippen molar-refractivity contribution in [3.05, 3.63) is 41.5 Å². The summed E-state index contributed by atoms with van der Waals surface area (Å²) in [6.45, 7) is 18.4. The van der Waals surface area contributed by atoms with Crippen molar-refractivity contribution in [2.24, 2.45) is 5.92 Å². The van der Waals surface area contributed by atoms with Gasteiger partial charge in [-0.1, -0.05) is 45.9 Å². The number of benzene rings is 1. The molecule has 0 spiro atoms. The third kappa shape index (κ3) is 3.53. The lowest BCUT2D eigenvalue weighted by atomic mass is 9.88. The molecule has 4 nitrogen and oxygen atoms in total. The highest BCUT2D eigenvalue weighted by Crippen LogP contribution is 2.46. The summed E-state index contributed by atoms with van der Waals surface area (Å²) in [6.07, 6.45) is 0.917. The van der Waals surface area contributed by atoms with E-state index in [9.17, 15) is 9.90 Å². The molecule has 0 amide bonds. The van der Waals surface area contributed by atoms with E-state index < -0.39 is 26.5 Å². The molecule has 0 unspecified atom stereocenters. The van der Waals surface area contributed by atoms with Crippen molar-refractivity contribution in [2.75, 3.05) is 0 Å². The molecule has 1 heterocycles. The van der Waals surface area contributed by atoms with Gasteiger partial charge in [-0.3, -0.25) is 0 Å². The second-order valence-corrected chi connectivity index (χ2v) is 13.2. The third-order valence-corrected chi connectivity index (χ3v) is 10.0. The molecule has 0 radical (unpaired) electrons. The lowest BCUT2D eigenvalue weighted by Gasteiger charge is -2.44. The fourth-order valence-corrected chi connectivity index (χ4v) is 3.98. The third-order valence-electron chi connectivity index (χ3n) is 5.58. The number of hydrogen-bond donors (Lipinski definition) is 1. The number of phenols is 1. The van der Waals surface area contributed by atoms with Gasteiger partial charge in [0, 0.05) is 11.5 Å². The van der Waals surface area contributed by atoms with Crippen LogP contribution in [0.4, 0.5) is 0 Å². The van der Waals surface area contributed by atoms with Crippen molar-refractivity contribution < 1.29 is 19.1 Å². The molecule has 138 valence electrons. The first-order valence-corrected chi connectivity index (χ1v) is 11.7. The van der Waals surface area contributed by atoms with Crippen LogP contribution in [0.5, 0.6) is 5.75 Å². The zero-order chi connectivity index (χ0) is 19.2. The Kier molecular flexibility index (Phi) is 5.22. The Morgan fingerprint density at radius 1 is 1.36 bits per heavy atom.